The SMILES string of the molecule is COc1ccc(C(=O)O[C@@H]2CC[C@@]3(C)[C@@H](CC[C@@H]4[C@H]3CC[C@]3(C)[C@@H]5[C@H](C[C@@H]43)O[C@]3(CC[C@@H](C)CO3)[C@H]5C)C2)cc1. The van der Waals surface area contributed by atoms with Crippen LogP contribution in [-0.4, -0.2) is 37.7 Å². The summed E-state index contributed by atoms with van der Waals surface area (Å²) in [5, 5.41) is 0. The highest BCUT2D eigenvalue weighted by atomic mass is 16.7. The summed E-state index contributed by atoms with van der Waals surface area (Å²) in [5.41, 5.74) is 1.35. The first-order valence-electron chi connectivity index (χ1n) is 16.3. The topological polar surface area (TPSA) is 54.0 Å². The van der Waals surface area contributed by atoms with Gasteiger partial charge in [-0.15, -0.1) is 0 Å². The molecule has 6 fully saturated rings. The van der Waals surface area contributed by atoms with Crippen LogP contribution in [0.4, 0.5) is 0 Å². The van der Waals surface area contributed by atoms with Crippen molar-refractivity contribution in [3.05, 3.63) is 29.8 Å². The Labute approximate surface area is 241 Å². The summed E-state index contributed by atoms with van der Waals surface area (Å²) in [4.78, 5) is 12.9. The number of methoxy groups -OCH3 is 1. The van der Waals surface area contributed by atoms with Gasteiger partial charge in [-0.3, -0.25) is 0 Å². The van der Waals surface area contributed by atoms with E-state index in [-0.39, 0.29) is 17.9 Å². The molecule has 1 spiro atoms. The van der Waals surface area contributed by atoms with Gasteiger partial charge in [0, 0.05) is 12.3 Å². The highest BCUT2D eigenvalue weighted by molar-refractivity contribution is 5.89. The van der Waals surface area contributed by atoms with E-state index >= 15 is 0 Å². The molecule has 40 heavy (non-hydrogen) atoms. The van der Waals surface area contributed by atoms with E-state index in [4.69, 9.17) is 18.9 Å². The Morgan fingerprint density at radius 3 is 2.40 bits per heavy atom. The van der Waals surface area contributed by atoms with E-state index in [1.54, 1.807) is 7.11 Å². The van der Waals surface area contributed by atoms with Crippen LogP contribution in [0.2, 0.25) is 0 Å². The fourth-order valence-electron chi connectivity index (χ4n) is 11.3. The number of hydrogen-bond donors (Lipinski definition) is 0. The van der Waals surface area contributed by atoms with Gasteiger partial charge in [0.05, 0.1) is 25.4 Å². The number of hydrogen-bond acceptors (Lipinski definition) is 5. The van der Waals surface area contributed by atoms with E-state index in [0.29, 0.717) is 46.2 Å². The van der Waals surface area contributed by atoms with Gasteiger partial charge in [0.25, 0.3) is 0 Å². The smallest absolute Gasteiger partial charge is 0.338 e. The molecule has 12 atom stereocenters. The van der Waals surface area contributed by atoms with Crippen molar-refractivity contribution in [3.8, 4) is 5.75 Å². The normalized spacial score (nSPS) is 49.5. The lowest BCUT2D eigenvalue weighted by Crippen LogP contribution is -2.55. The Bertz CT molecular complexity index is 1110. The van der Waals surface area contributed by atoms with Crippen molar-refractivity contribution < 1.29 is 23.7 Å². The van der Waals surface area contributed by atoms with E-state index in [2.05, 4.69) is 27.7 Å². The van der Waals surface area contributed by atoms with Crippen LogP contribution in [0.15, 0.2) is 24.3 Å². The highest BCUT2D eigenvalue weighted by Crippen LogP contribution is 2.71. The maximum absolute atomic E-state index is 12.9. The summed E-state index contributed by atoms with van der Waals surface area (Å²) in [7, 11) is 1.64. The molecule has 5 heteroatoms. The van der Waals surface area contributed by atoms with Crippen LogP contribution in [0, 0.1) is 52.3 Å². The van der Waals surface area contributed by atoms with Crippen molar-refractivity contribution in [2.45, 2.75) is 110 Å². The standard InChI is InChI=1S/C35H50O5/c1-21-12-17-35(38-20-21)22(2)31-30(40-35)19-29-27-11-8-24-18-26(39-32(36)23-6-9-25(37-5)10-7-23)13-15-33(24,3)28(27)14-16-34(29,31)4/h6-7,9-10,21-22,24,26-31H,8,11-20H2,1-5H3/t21-,22+,24+,26-,27-,28-,29+,30+,31+,33+,34+,35-/m1/s1. The van der Waals surface area contributed by atoms with Crippen molar-refractivity contribution in [1.29, 1.82) is 0 Å². The second-order valence-electron chi connectivity index (χ2n) is 15.2. The van der Waals surface area contributed by atoms with E-state index in [0.717, 1.165) is 49.4 Å². The van der Waals surface area contributed by atoms with Gasteiger partial charge in [-0.2, -0.15) is 0 Å². The molecule has 2 aliphatic heterocycles. The second-order valence-corrected chi connectivity index (χ2v) is 15.2. The Morgan fingerprint density at radius 1 is 0.900 bits per heavy atom. The Hall–Kier alpha value is -1.59. The zero-order valence-electron chi connectivity index (χ0n) is 25.3. The molecule has 0 N–H and O–H groups in total. The first-order valence-corrected chi connectivity index (χ1v) is 16.3. The van der Waals surface area contributed by atoms with Crippen LogP contribution < -0.4 is 4.74 Å². The summed E-state index contributed by atoms with van der Waals surface area (Å²) < 4.78 is 24.8. The zero-order valence-corrected chi connectivity index (χ0v) is 25.3. The predicted molar refractivity (Wildman–Crippen MR) is 154 cm³/mol. The number of rotatable bonds is 3. The first kappa shape index (κ1) is 27.3. The number of carbonyl (C=O) groups is 1. The van der Waals surface area contributed by atoms with Crippen molar-refractivity contribution in [2.24, 2.45) is 52.3 Å². The van der Waals surface area contributed by atoms with Gasteiger partial charge in [-0.05, 0) is 128 Å². The van der Waals surface area contributed by atoms with Crippen LogP contribution in [0.5, 0.6) is 5.75 Å². The average Bonchev–Trinajstić information content (AvgIpc) is 3.40. The highest BCUT2D eigenvalue weighted by Gasteiger charge is 2.69. The Balaban J connectivity index is 1.03. The van der Waals surface area contributed by atoms with Crippen LogP contribution in [-0.2, 0) is 14.2 Å². The lowest BCUT2D eigenvalue weighted by atomic mass is 9.44. The second kappa shape index (κ2) is 9.73. The molecule has 0 radical (unpaired) electrons. The third kappa shape index (κ3) is 4.03. The molecule has 0 unspecified atom stereocenters. The lowest BCUT2D eigenvalue weighted by Gasteiger charge is -2.61. The molecule has 0 amide bonds. The number of carbonyl (C=O) groups excluding carboxylic acids is 1. The zero-order chi connectivity index (χ0) is 27.9. The molecule has 220 valence electrons. The minimum atomic E-state index is -0.321. The summed E-state index contributed by atoms with van der Waals surface area (Å²) in [6, 6.07) is 7.28. The quantitative estimate of drug-likeness (QED) is 0.362. The fraction of sp³-hybridized carbons (Fsp3) is 0.800. The molecule has 1 aromatic rings. The summed E-state index contributed by atoms with van der Waals surface area (Å²) in [6.07, 6.45) is 12.4. The molecule has 6 aliphatic rings. The van der Waals surface area contributed by atoms with Gasteiger partial charge in [0.2, 0.25) is 0 Å². The molecule has 5 nitrogen and oxygen atoms in total. The largest absolute Gasteiger partial charge is 0.497 e. The molecule has 0 bridgehead atoms. The molecule has 4 aliphatic carbocycles. The van der Waals surface area contributed by atoms with Gasteiger partial charge >= 0.3 is 5.97 Å². The number of benzene rings is 1. The van der Waals surface area contributed by atoms with Gasteiger partial charge in [-0.25, -0.2) is 4.79 Å². The third-order valence-corrected chi connectivity index (χ3v) is 13.5. The molecule has 2 heterocycles. The van der Waals surface area contributed by atoms with Crippen LogP contribution in [0.1, 0.15) is 102 Å². The van der Waals surface area contributed by atoms with Crippen molar-refractivity contribution in [3.63, 3.8) is 0 Å². The number of ether oxygens (including phenoxy) is 4. The van der Waals surface area contributed by atoms with Gasteiger partial charge < -0.3 is 18.9 Å². The third-order valence-electron chi connectivity index (χ3n) is 13.5. The maximum atomic E-state index is 12.9. The minimum absolute atomic E-state index is 0.0348. The Kier molecular flexibility index (Phi) is 6.63. The molecular formula is C35H50O5. The van der Waals surface area contributed by atoms with E-state index in [9.17, 15) is 4.79 Å². The monoisotopic (exact) mass is 550 g/mol. The number of esters is 1. The van der Waals surface area contributed by atoms with Crippen LogP contribution >= 0.6 is 0 Å². The molecule has 1 aromatic carbocycles. The molecule has 0 aromatic heterocycles. The molecule has 7 rings (SSSR count). The molecule has 2 saturated heterocycles. The lowest BCUT2D eigenvalue weighted by molar-refractivity contribution is -0.273. The van der Waals surface area contributed by atoms with E-state index in [1.165, 1.54) is 44.9 Å². The van der Waals surface area contributed by atoms with Crippen molar-refractivity contribution in [1.82, 2.24) is 0 Å². The molecule has 4 saturated carbocycles. The van der Waals surface area contributed by atoms with Gasteiger partial charge in [0.15, 0.2) is 5.79 Å². The summed E-state index contributed by atoms with van der Waals surface area (Å²) in [5.74, 6) is 5.03. The number of fused-ring (bicyclic) bond motifs is 7. The predicted octanol–water partition coefficient (Wildman–Crippen LogP) is 7.67. The minimum Gasteiger partial charge on any atom is -0.497 e. The van der Waals surface area contributed by atoms with Gasteiger partial charge in [-0.1, -0.05) is 27.7 Å². The van der Waals surface area contributed by atoms with Crippen molar-refractivity contribution in [2.75, 3.05) is 13.7 Å². The summed E-state index contributed by atoms with van der Waals surface area (Å²) in [6.45, 7) is 10.8. The van der Waals surface area contributed by atoms with Crippen LogP contribution in [0.3, 0.4) is 0 Å². The summed E-state index contributed by atoms with van der Waals surface area (Å²) >= 11 is 0. The van der Waals surface area contributed by atoms with Gasteiger partial charge in [0.1, 0.15) is 11.9 Å². The maximum Gasteiger partial charge on any atom is 0.338 e. The van der Waals surface area contributed by atoms with E-state index < -0.39 is 0 Å². The average molecular weight is 551 g/mol. The fourth-order valence-corrected chi connectivity index (χ4v) is 11.3. The van der Waals surface area contributed by atoms with Crippen LogP contribution in [0.25, 0.3) is 0 Å². The Morgan fingerprint density at radius 2 is 1.68 bits per heavy atom. The first-order chi connectivity index (χ1) is 19.2. The molecular weight excluding hydrogens is 500 g/mol. The van der Waals surface area contributed by atoms with Crippen molar-refractivity contribution >= 4 is 5.97 Å². The van der Waals surface area contributed by atoms with E-state index in [1.807, 2.05) is 24.3 Å².